The molecule has 1 aliphatic heterocycles. The van der Waals surface area contributed by atoms with Gasteiger partial charge in [0.1, 0.15) is 0 Å². The second-order valence-electron chi connectivity index (χ2n) is 7.43. The van der Waals surface area contributed by atoms with Crippen molar-refractivity contribution in [3.05, 3.63) is 71.3 Å². The molecule has 29 heavy (non-hydrogen) atoms. The minimum Gasteiger partial charge on any atom is -0.478 e. The summed E-state index contributed by atoms with van der Waals surface area (Å²) in [5, 5.41) is 11.9. The van der Waals surface area contributed by atoms with Crippen LogP contribution in [0, 0.1) is 0 Å². The highest BCUT2D eigenvalue weighted by molar-refractivity contribution is 5.87. The third-order valence-electron chi connectivity index (χ3n) is 5.30. The molecule has 1 saturated heterocycles. The number of aryl methyl sites for hydroxylation is 1. The SMILES string of the molecule is O=C(O)c1ccc(CNC(=O)N2CCCN(CCCc3ccccc3)CC2)cc1. The fourth-order valence-corrected chi connectivity index (χ4v) is 3.60. The van der Waals surface area contributed by atoms with Crippen molar-refractivity contribution in [2.75, 3.05) is 32.7 Å². The summed E-state index contributed by atoms with van der Waals surface area (Å²) in [4.78, 5) is 27.7. The summed E-state index contributed by atoms with van der Waals surface area (Å²) in [5.41, 5.74) is 2.51. The van der Waals surface area contributed by atoms with Crippen LogP contribution in [0.3, 0.4) is 0 Å². The van der Waals surface area contributed by atoms with Gasteiger partial charge in [0.2, 0.25) is 0 Å². The lowest BCUT2D eigenvalue weighted by molar-refractivity contribution is 0.0697. The molecule has 1 aliphatic rings. The van der Waals surface area contributed by atoms with E-state index < -0.39 is 5.97 Å². The first-order chi connectivity index (χ1) is 14.1. The number of rotatable bonds is 7. The first-order valence-electron chi connectivity index (χ1n) is 10.2. The number of carboxylic acids is 1. The topological polar surface area (TPSA) is 72.9 Å². The van der Waals surface area contributed by atoms with E-state index in [4.69, 9.17) is 5.11 Å². The Balaban J connectivity index is 1.39. The Labute approximate surface area is 172 Å². The minimum absolute atomic E-state index is 0.0570. The van der Waals surface area contributed by atoms with Gasteiger partial charge in [0.15, 0.2) is 0 Å². The van der Waals surface area contributed by atoms with E-state index in [-0.39, 0.29) is 11.6 Å². The van der Waals surface area contributed by atoms with Crippen molar-refractivity contribution in [2.24, 2.45) is 0 Å². The Morgan fingerprint density at radius 2 is 1.66 bits per heavy atom. The van der Waals surface area contributed by atoms with Gasteiger partial charge in [-0.2, -0.15) is 0 Å². The average molecular weight is 396 g/mol. The lowest BCUT2D eigenvalue weighted by atomic mass is 10.1. The highest BCUT2D eigenvalue weighted by Gasteiger charge is 2.18. The van der Waals surface area contributed by atoms with Gasteiger partial charge in [-0.05, 0) is 55.6 Å². The van der Waals surface area contributed by atoms with Gasteiger partial charge >= 0.3 is 12.0 Å². The van der Waals surface area contributed by atoms with Crippen LogP contribution < -0.4 is 5.32 Å². The Hall–Kier alpha value is -2.86. The van der Waals surface area contributed by atoms with E-state index in [1.807, 2.05) is 11.0 Å². The van der Waals surface area contributed by atoms with E-state index in [9.17, 15) is 9.59 Å². The lowest BCUT2D eigenvalue weighted by Gasteiger charge is -2.22. The van der Waals surface area contributed by atoms with Crippen LogP contribution in [0.4, 0.5) is 4.79 Å². The zero-order chi connectivity index (χ0) is 20.5. The summed E-state index contributed by atoms with van der Waals surface area (Å²) in [7, 11) is 0. The molecule has 0 bridgehead atoms. The number of hydrogen-bond donors (Lipinski definition) is 2. The molecule has 6 heteroatoms. The average Bonchev–Trinajstić information content (AvgIpc) is 2.99. The number of amides is 2. The van der Waals surface area contributed by atoms with Crippen molar-refractivity contribution in [2.45, 2.75) is 25.8 Å². The molecule has 0 saturated carbocycles. The fourth-order valence-electron chi connectivity index (χ4n) is 3.60. The van der Waals surface area contributed by atoms with Crippen LogP contribution in [0.25, 0.3) is 0 Å². The molecule has 2 aromatic rings. The fraction of sp³-hybridized carbons (Fsp3) is 0.391. The zero-order valence-electron chi connectivity index (χ0n) is 16.7. The normalized spacial score (nSPS) is 15.0. The molecular formula is C23H29N3O3. The van der Waals surface area contributed by atoms with Gasteiger partial charge in [-0.15, -0.1) is 0 Å². The summed E-state index contributed by atoms with van der Waals surface area (Å²) in [5.74, 6) is -0.946. The number of nitrogens with one attached hydrogen (secondary N) is 1. The van der Waals surface area contributed by atoms with Crippen LogP contribution in [0.2, 0.25) is 0 Å². The van der Waals surface area contributed by atoms with E-state index in [0.29, 0.717) is 6.54 Å². The standard InChI is InChI=1S/C23H29N3O3/c27-22(28)21-11-9-20(10-12-21)18-24-23(29)26-15-5-14-25(16-17-26)13-4-8-19-6-2-1-3-7-19/h1-3,6-7,9-12H,4-5,8,13-18H2,(H,24,29)(H,27,28). The molecule has 0 radical (unpaired) electrons. The lowest BCUT2D eigenvalue weighted by Crippen LogP contribution is -2.41. The predicted molar refractivity (Wildman–Crippen MR) is 113 cm³/mol. The maximum atomic E-state index is 12.5. The van der Waals surface area contributed by atoms with Crippen molar-refractivity contribution in [3.63, 3.8) is 0 Å². The summed E-state index contributed by atoms with van der Waals surface area (Å²) < 4.78 is 0. The first kappa shape index (κ1) is 20.9. The third-order valence-corrected chi connectivity index (χ3v) is 5.30. The Kier molecular flexibility index (Phi) is 7.64. The van der Waals surface area contributed by atoms with Crippen LogP contribution in [-0.4, -0.2) is 59.6 Å². The second-order valence-corrected chi connectivity index (χ2v) is 7.43. The van der Waals surface area contributed by atoms with Crippen LogP contribution in [0.15, 0.2) is 54.6 Å². The van der Waals surface area contributed by atoms with Gasteiger partial charge in [-0.3, -0.25) is 0 Å². The van der Waals surface area contributed by atoms with Gasteiger partial charge in [0.25, 0.3) is 0 Å². The Morgan fingerprint density at radius 3 is 2.38 bits per heavy atom. The molecule has 6 nitrogen and oxygen atoms in total. The molecule has 2 amide bonds. The number of carbonyl (C=O) groups is 2. The molecule has 154 valence electrons. The first-order valence-corrected chi connectivity index (χ1v) is 10.2. The molecule has 3 rings (SSSR count). The van der Waals surface area contributed by atoms with E-state index in [1.54, 1.807) is 24.3 Å². The molecule has 0 aromatic heterocycles. The second kappa shape index (κ2) is 10.6. The van der Waals surface area contributed by atoms with Gasteiger partial charge in [-0.25, -0.2) is 9.59 Å². The molecule has 0 spiro atoms. The minimum atomic E-state index is -0.946. The van der Waals surface area contributed by atoms with E-state index >= 15 is 0 Å². The van der Waals surface area contributed by atoms with Gasteiger partial charge < -0.3 is 20.2 Å². The largest absolute Gasteiger partial charge is 0.478 e. The molecule has 0 atom stereocenters. The highest BCUT2D eigenvalue weighted by Crippen LogP contribution is 2.08. The Bertz CT molecular complexity index is 793. The summed E-state index contributed by atoms with van der Waals surface area (Å²) >= 11 is 0. The van der Waals surface area contributed by atoms with E-state index in [2.05, 4.69) is 34.5 Å². The number of aromatic carboxylic acids is 1. The Morgan fingerprint density at radius 1 is 0.897 bits per heavy atom. The van der Waals surface area contributed by atoms with Gasteiger partial charge in [0, 0.05) is 26.2 Å². The van der Waals surface area contributed by atoms with Crippen molar-refractivity contribution >= 4 is 12.0 Å². The van der Waals surface area contributed by atoms with Crippen LogP contribution in [0.5, 0.6) is 0 Å². The molecule has 2 N–H and O–H groups in total. The number of urea groups is 1. The van der Waals surface area contributed by atoms with E-state index in [0.717, 1.165) is 57.5 Å². The van der Waals surface area contributed by atoms with Crippen LogP contribution in [-0.2, 0) is 13.0 Å². The molecule has 2 aromatic carbocycles. The summed E-state index contributed by atoms with van der Waals surface area (Å²) in [6, 6.07) is 17.1. The molecular weight excluding hydrogens is 366 g/mol. The van der Waals surface area contributed by atoms with Crippen molar-refractivity contribution in [1.29, 1.82) is 0 Å². The quantitative estimate of drug-likeness (QED) is 0.755. The van der Waals surface area contributed by atoms with Crippen LogP contribution >= 0.6 is 0 Å². The predicted octanol–water partition coefficient (Wildman–Crippen LogP) is 3.23. The molecule has 1 fully saturated rings. The zero-order valence-corrected chi connectivity index (χ0v) is 16.7. The van der Waals surface area contributed by atoms with Crippen LogP contribution in [0.1, 0.15) is 34.3 Å². The molecule has 0 aliphatic carbocycles. The monoisotopic (exact) mass is 395 g/mol. The third kappa shape index (κ3) is 6.61. The van der Waals surface area contributed by atoms with Crippen molar-refractivity contribution in [3.8, 4) is 0 Å². The number of hydrogen-bond acceptors (Lipinski definition) is 3. The number of benzene rings is 2. The van der Waals surface area contributed by atoms with Crippen molar-refractivity contribution in [1.82, 2.24) is 15.1 Å². The molecule has 0 unspecified atom stereocenters. The summed E-state index contributed by atoms with van der Waals surface area (Å²) in [6.45, 7) is 4.87. The highest BCUT2D eigenvalue weighted by atomic mass is 16.4. The summed E-state index contributed by atoms with van der Waals surface area (Å²) in [6.07, 6.45) is 3.19. The number of nitrogens with zero attached hydrogens (tertiary/aromatic N) is 2. The van der Waals surface area contributed by atoms with E-state index in [1.165, 1.54) is 5.56 Å². The molecule has 1 heterocycles. The van der Waals surface area contributed by atoms with Gasteiger partial charge in [0.05, 0.1) is 5.56 Å². The smallest absolute Gasteiger partial charge is 0.335 e. The number of carbonyl (C=O) groups excluding carboxylic acids is 1. The maximum Gasteiger partial charge on any atom is 0.335 e. The maximum absolute atomic E-state index is 12.5. The van der Waals surface area contributed by atoms with Gasteiger partial charge in [-0.1, -0.05) is 42.5 Å². The van der Waals surface area contributed by atoms with Crippen molar-refractivity contribution < 1.29 is 14.7 Å². The number of carboxylic acid groups (broad SMARTS) is 1.